The predicted molar refractivity (Wildman–Crippen MR) is 93.8 cm³/mol. The largest absolute Gasteiger partial charge is 0.368 e. The molecule has 1 aliphatic rings. The Hall–Kier alpha value is -2.41. The molecule has 0 spiro atoms. The van der Waals surface area contributed by atoms with Crippen LogP contribution in [0.15, 0.2) is 24.3 Å². The van der Waals surface area contributed by atoms with Crippen molar-refractivity contribution >= 4 is 17.7 Å². The van der Waals surface area contributed by atoms with Crippen LogP contribution in [0.2, 0.25) is 0 Å². The van der Waals surface area contributed by atoms with Gasteiger partial charge in [0.05, 0.1) is 7.05 Å². The summed E-state index contributed by atoms with van der Waals surface area (Å²) in [7, 11) is 3.54. The summed E-state index contributed by atoms with van der Waals surface area (Å²) in [4.78, 5) is 38.3. The smallest absolute Gasteiger partial charge is 0.278 e. The van der Waals surface area contributed by atoms with Crippen molar-refractivity contribution in [3.8, 4) is 0 Å². The number of nitrogens with one attached hydrogen (secondary N) is 2. The van der Waals surface area contributed by atoms with E-state index in [2.05, 4.69) is 5.32 Å². The van der Waals surface area contributed by atoms with Crippen molar-refractivity contribution in [3.63, 3.8) is 0 Å². The van der Waals surface area contributed by atoms with Crippen LogP contribution in [0.3, 0.4) is 0 Å². The minimum absolute atomic E-state index is 0.0389. The van der Waals surface area contributed by atoms with Gasteiger partial charge in [-0.15, -0.1) is 0 Å². The second-order valence-electron chi connectivity index (χ2n) is 6.59. The molecular weight excluding hydrogens is 320 g/mol. The number of nitrogens with zero attached hydrogens (tertiary/aromatic N) is 1. The number of carbonyl (C=O) groups excluding carboxylic acids is 3. The van der Waals surface area contributed by atoms with Crippen molar-refractivity contribution in [1.29, 1.82) is 0 Å². The van der Waals surface area contributed by atoms with Crippen LogP contribution in [0, 0.1) is 0 Å². The van der Waals surface area contributed by atoms with Gasteiger partial charge in [-0.25, -0.2) is 0 Å². The third kappa shape index (κ3) is 5.03. The predicted octanol–water partition coefficient (Wildman–Crippen LogP) is -1.07. The van der Waals surface area contributed by atoms with Gasteiger partial charge in [-0.2, -0.15) is 0 Å². The van der Waals surface area contributed by atoms with Crippen LogP contribution in [0.4, 0.5) is 0 Å². The minimum atomic E-state index is -0.471. The van der Waals surface area contributed by atoms with Gasteiger partial charge in [-0.1, -0.05) is 12.1 Å². The van der Waals surface area contributed by atoms with Crippen LogP contribution in [0.25, 0.3) is 0 Å². The fourth-order valence-electron chi connectivity index (χ4n) is 3.21. The molecule has 4 N–H and O–H groups in total. The molecule has 0 saturated carbocycles. The first-order valence-electron chi connectivity index (χ1n) is 8.63. The fraction of sp³-hybridized carbons (Fsp3) is 0.500. The Labute approximate surface area is 148 Å². The summed E-state index contributed by atoms with van der Waals surface area (Å²) in [6.07, 6.45) is 2.49. The maximum atomic E-state index is 12.5. The van der Waals surface area contributed by atoms with E-state index in [0.29, 0.717) is 31.6 Å². The number of hydrogen-bond donors (Lipinski definition) is 3. The van der Waals surface area contributed by atoms with Crippen LogP contribution in [-0.2, 0) is 16.1 Å². The molecule has 7 heteroatoms. The maximum absolute atomic E-state index is 12.5. The topological polar surface area (TPSA) is 96.9 Å². The van der Waals surface area contributed by atoms with Crippen molar-refractivity contribution < 1.29 is 19.3 Å². The highest BCUT2D eigenvalue weighted by Gasteiger charge is 2.31. The molecule has 7 nitrogen and oxygen atoms in total. The molecular formula is C18H27N4O3+. The van der Waals surface area contributed by atoms with Gasteiger partial charge in [0.15, 0.2) is 6.54 Å². The summed E-state index contributed by atoms with van der Waals surface area (Å²) in [5.74, 6) is -0.580. The summed E-state index contributed by atoms with van der Waals surface area (Å²) in [5, 5.41) is 2.59. The Morgan fingerprint density at radius 1 is 1.24 bits per heavy atom. The molecule has 1 aliphatic heterocycles. The summed E-state index contributed by atoms with van der Waals surface area (Å²) >= 11 is 0. The van der Waals surface area contributed by atoms with E-state index in [-0.39, 0.29) is 11.8 Å². The first kappa shape index (κ1) is 18.9. The van der Waals surface area contributed by atoms with E-state index >= 15 is 0 Å². The number of likely N-dealkylation sites (N-methyl/N-ethyl adjacent to an activating group) is 1. The van der Waals surface area contributed by atoms with Crippen LogP contribution < -0.4 is 16.0 Å². The van der Waals surface area contributed by atoms with Crippen LogP contribution in [0.1, 0.15) is 35.2 Å². The molecule has 1 aromatic carbocycles. The van der Waals surface area contributed by atoms with Gasteiger partial charge in [-0.05, 0) is 31.4 Å². The molecule has 0 aliphatic carbocycles. The van der Waals surface area contributed by atoms with Crippen LogP contribution in [0.5, 0.6) is 0 Å². The van der Waals surface area contributed by atoms with E-state index in [1.807, 2.05) is 19.2 Å². The molecule has 1 unspecified atom stereocenters. The van der Waals surface area contributed by atoms with Gasteiger partial charge in [0.25, 0.3) is 11.8 Å². The molecule has 0 bridgehead atoms. The lowest BCUT2D eigenvalue weighted by atomic mass is 10.0. The third-order valence-corrected chi connectivity index (χ3v) is 4.55. The second kappa shape index (κ2) is 8.62. The maximum Gasteiger partial charge on any atom is 0.278 e. The van der Waals surface area contributed by atoms with Gasteiger partial charge in [0, 0.05) is 24.7 Å². The van der Waals surface area contributed by atoms with E-state index < -0.39 is 11.9 Å². The highest BCUT2D eigenvalue weighted by Crippen LogP contribution is 2.16. The number of piperidine rings is 1. The zero-order valence-electron chi connectivity index (χ0n) is 14.9. The lowest BCUT2D eigenvalue weighted by Gasteiger charge is -2.33. The normalized spacial score (nSPS) is 18.5. The van der Waals surface area contributed by atoms with Crippen molar-refractivity contribution in [3.05, 3.63) is 35.4 Å². The zero-order chi connectivity index (χ0) is 18.4. The molecule has 136 valence electrons. The molecule has 25 heavy (non-hydrogen) atoms. The highest BCUT2D eigenvalue weighted by molar-refractivity contribution is 5.93. The second-order valence-corrected chi connectivity index (χ2v) is 6.59. The average Bonchev–Trinajstić information content (AvgIpc) is 2.61. The Kier molecular flexibility index (Phi) is 6.52. The summed E-state index contributed by atoms with van der Waals surface area (Å²) in [5.41, 5.74) is 7.08. The number of primary amides is 1. The fourth-order valence-corrected chi connectivity index (χ4v) is 3.21. The average molecular weight is 347 g/mol. The number of quaternary nitrogens is 1. The van der Waals surface area contributed by atoms with Gasteiger partial charge in [0.2, 0.25) is 5.91 Å². The van der Waals surface area contributed by atoms with Gasteiger partial charge in [0.1, 0.15) is 12.6 Å². The summed E-state index contributed by atoms with van der Waals surface area (Å²) in [6.45, 7) is 1.57. The molecule has 2 rings (SSSR count). The molecule has 1 aromatic rings. The minimum Gasteiger partial charge on any atom is -0.368 e. The van der Waals surface area contributed by atoms with E-state index in [9.17, 15) is 14.4 Å². The number of amides is 3. The van der Waals surface area contributed by atoms with E-state index in [4.69, 9.17) is 5.73 Å². The van der Waals surface area contributed by atoms with Crippen molar-refractivity contribution in [1.82, 2.24) is 10.2 Å². The third-order valence-electron chi connectivity index (χ3n) is 4.55. The number of benzene rings is 1. The van der Waals surface area contributed by atoms with E-state index in [0.717, 1.165) is 23.3 Å². The van der Waals surface area contributed by atoms with Crippen molar-refractivity contribution in [2.45, 2.75) is 31.8 Å². The Morgan fingerprint density at radius 3 is 2.52 bits per heavy atom. The van der Waals surface area contributed by atoms with E-state index in [1.165, 1.54) is 0 Å². The Morgan fingerprint density at radius 2 is 1.92 bits per heavy atom. The first-order valence-corrected chi connectivity index (χ1v) is 8.63. The molecule has 2 atom stereocenters. The Balaban J connectivity index is 1.92. The van der Waals surface area contributed by atoms with Gasteiger partial charge < -0.3 is 20.9 Å². The van der Waals surface area contributed by atoms with Gasteiger partial charge >= 0.3 is 0 Å². The number of likely N-dealkylation sites (tertiary alicyclic amines) is 1. The van der Waals surface area contributed by atoms with Gasteiger partial charge in [-0.3, -0.25) is 14.4 Å². The summed E-state index contributed by atoms with van der Waals surface area (Å²) < 4.78 is 0. The number of rotatable bonds is 6. The number of carbonyl (C=O) groups is 3. The Bertz CT molecular complexity index is 630. The van der Waals surface area contributed by atoms with Crippen molar-refractivity contribution in [2.75, 3.05) is 27.2 Å². The molecule has 1 heterocycles. The lowest BCUT2D eigenvalue weighted by Crippen LogP contribution is -3.09. The van der Waals surface area contributed by atoms with Crippen LogP contribution in [-0.4, -0.2) is 55.8 Å². The lowest BCUT2D eigenvalue weighted by molar-refractivity contribution is -0.885. The molecule has 0 aromatic heterocycles. The molecule has 1 fully saturated rings. The number of nitrogens with two attached hydrogens (primary N) is 1. The monoisotopic (exact) mass is 347 g/mol. The summed E-state index contributed by atoms with van der Waals surface area (Å²) in [6, 6.07) is 6.87. The molecule has 1 saturated heterocycles. The quantitative estimate of drug-likeness (QED) is 0.611. The van der Waals surface area contributed by atoms with E-state index in [1.54, 1.807) is 24.1 Å². The first-order chi connectivity index (χ1) is 11.9. The van der Waals surface area contributed by atoms with Crippen LogP contribution >= 0.6 is 0 Å². The molecule has 3 amide bonds. The molecule has 0 radical (unpaired) electrons. The zero-order valence-corrected chi connectivity index (χ0v) is 14.9. The number of hydrogen-bond acceptors (Lipinski definition) is 3. The standard InChI is InChI=1S/C18H26N4O3/c1-20-18(25)14-8-6-13(7-9-14)11-21(2)12-16(23)22-10-4-3-5-15(22)17(19)24/h6-9,15H,3-5,10-12H2,1-2H3,(H2,19,24)(H,20,25)/p+1/t15-/m0/s1. The SMILES string of the molecule is CNC(=O)c1ccc(C[NH+](C)CC(=O)N2CCCC[C@H]2C(N)=O)cc1. The van der Waals surface area contributed by atoms with Crippen molar-refractivity contribution in [2.24, 2.45) is 5.73 Å². The highest BCUT2D eigenvalue weighted by atomic mass is 16.2.